The van der Waals surface area contributed by atoms with Crippen LogP contribution in [0, 0.1) is 0 Å². The van der Waals surface area contributed by atoms with Gasteiger partial charge in [0.15, 0.2) is 0 Å². The molecule has 1 amide bonds. The smallest absolute Gasteiger partial charge is 0.408 e. The first-order valence-electron chi connectivity index (χ1n) is 8.89. The number of carbonyl (C=O) groups is 1. The highest BCUT2D eigenvalue weighted by atomic mass is 16.6. The lowest BCUT2D eigenvalue weighted by Crippen LogP contribution is -2.38. The molecule has 1 aromatic carbocycles. The van der Waals surface area contributed by atoms with E-state index in [-0.39, 0.29) is 6.04 Å². The van der Waals surface area contributed by atoms with Gasteiger partial charge in [-0.3, -0.25) is 0 Å². The molecule has 2 N–H and O–H groups in total. The third kappa shape index (κ3) is 3.64. The standard InChI is InChI=1S/C20H22N4O3/c1-20(2,3)27-19(25)24-16-10-26-9-13-8-12(4-5-14(13)16)17-15-6-7-21-18(15)23-11-22-17/h4-8,11,16H,9-10H2,1-3H3,(H,24,25)(H,21,22,23). The molecule has 2 aromatic heterocycles. The molecule has 3 heterocycles. The molecule has 0 spiro atoms. The van der Waals surface area contributed by atoms with E-state index in [1.807, 2.05) is 45.2 Å². The summed E-state index contributed by atoms with van der Waals surface area (Å²) < 4.78 is 11.1. The highest BCUT2D eigenvalue weighted by Crippen LogP contribution is 2.31. The van der Waals surface area contributed by atoms with E-state index >= 15 is 0 Å². The van der Waals surface area contributed by atoms with Gasteiger partial charge in [-0.05, 0) is 44.0 Å². The number of carbonyl (C=O) groups excluding carboxylic acids is 1. The SMILES string of the molecule is CC(C)(C)OC(=O)NC1COCc2cc(-c3ncnc4[nH]ccc34)ccc21. The molecular formula is C20H22N4O3. The predicted octanol–water partition coefficient (Wildman–Crippen LogP) is 3.72. The van der Waals surface area contributed by atoms with Crippen molar-refractivity contribution in [2.45, 2.75) is 39.0 Å². The van der Waals surface area contributed by atoms with Crippen LogP contribution in [0.2, 0.25) is 0 Å². The van der Waals surface area contributed by atoms with Crippen LogP contribution in [0.25, 0.3) is 22.3 Å². The molecule has 7 heteroatoms. The summed E-state index contributed by atoms with van der Waals surface area (Å²) in [6.07, 6.45) is 2.96. The molecule has 1 aliphatic heterocycles. The van der Waals surface area contributed by atoms with Gasteiger partial charge in [-0.25, -0.2) is 14.8 Å². The molecular weight excluding hydrogens is 344 g/mol. The molecule has 27 heavy (non-hydrogen) atoms. The van der Waals surface area contributed by atoms with Crippen LogP contribution in [-0.2, 0) is 16.1 Å². The van der Waals surface area contributed by atoms with Crippen molar-refractivity contribution in [2.75, 3.05) is 6.61 Å². The molecule has 3 aromatic rings. The minimum atomic E-state index is -0.540. The van der Waals surface area contributed by atoms with Gasteiger partial charge in [-0.1, -0.05) is 12.1 Å². The second-order valence-electron chi connectivity index (χ2n) is 7.59. The maximum Gasteiger partial charge on any atom is 0.408 e. The minimum absolute atomic E-state index is 0.240. The number of nitrogens with one attached hydrogen (secondary N) is 2. The van der Waals surface area contributed by atoms with Gasteiger partial charge in [0.05, 0.1) is 24.9 Å². The average Bonchev–Trinajstić information content (AvgIpc) is 3.08. The fraction of sp³-hybridized carbons (Fsp3) is 0.350. The Balaban J connectivity index is 1.62. The molecule has 4 rings (SSSR count). The molecule has 1 aliphatic rings. The van der Waals surface area contributed by atoms with E-state index in [9.17, 15) is 4.79 Å². The number of aromatic nitrogens is 3. The highest BCUT2D eigenvalue weighted by molar-refractivity contribution is 5.90. The number of alkyl carbamates (subject to hydrolysis) is 1. The summed E-state index contributed by atoms with van der Waals surface area (Å²) in [6.45, 7) is 6.44. The number of nitrogens with zero attached hydrogens (tertiary/aromatic N) is 2. The Morgan fingerprint density at radius 2 is 2.15 bits per heavy atom. The highest BCUT2D eigenvalue weighted by Gasteiger charge is 2.25. The Bertz CT molecular complexity index is 990. The van der Waals surface area contributed by atoms with Crippen LogP contribution in [0.5, 0.6) is 0 Å². The zero-order chi connectivity index (χ0) is 19.0. The van der Waals surface area contributed by atoms with Gasteiger partial charge in [0.25, 0.3) is 0 Å². The summed E-state index contributed by atoms with van der Waals surface area (Å²) in [6, 6.07) is 7.83. The molecule has 0 saturated heterocycles. The van der Waals surface area contributed by atoms with Crippen molar-refractivity contribution in [1.29, 1.82) is 0 Å². The van der Waals surface area contributed by atoms with Gasteiger partial charge < -0.3 is 19.8 Å². The van der Waals surface area contributed by atoms with E-state index in [1.54, 1.807) is 6.33 Å². The van der Waals surface area contributed by atoms with E-state index < -0.39 is 11.7 Å². The van der Waals surface area contributed by atoms with Gasteiger partial charge >= 0.3 is 6.09 Å². The number of ether oxygens (including phenoxy) is 2. The Morgan fingerprint density at radius 3 is 2.96 bits per heavy atom. The van der Waals surface area contributed by atoms with Crippen LogP contribution >= 0.6 is 0 Å². The normalized spacial score (nSPS) is 16.8. The summed E-state index contributed by atoms with van der Waals surface area (Å²) in [5, 5.41) is 3.87. The number of hydrogen-bond donors (Lipinski definition) is 2. The maximum absolute atomic E-state index is 12.1. The van der Waals surface area contributed by atoms with Crippen molar-refractivity contribution in [3.8, 4) is 11.3 Å². The molecule has 140 valence electrons. The van der Waals surface area contributed by atoms with Gasteiger partial charge in [-0.15, -0.1) is 0 Å². The lowest BCUT2D eigenvalue weighted by Gasteiger charge is -2.28. The lowest BCUT2D eigenvalue weighted by molar-refractivity contribution is 0.0390. The Morgan fingerprint density at radius 1 is 1.30 bits per heavy atom. The first kappa shape index (κ1) is 17.5. The van der Waals surface area contributed by atoms with Crippen molar-refractivity contribution in [1.82, 2.24) is 20.3 Å². The fourth-order valence-corrected chi connectivity index (χ4v) is 3.27. The van der Waals surface area contributed by atoms with Crippen LogP contribution in [-0.4, -0.2) is 33.3 Å². The monoisotopic (exact) mass is 366 g/mol. The predicted molar refractivity (Wildman–Crippen MR) is 101 cm³/mol. The number of H-pyrrole nitrogens is 1. The summed E-state index contributed by atoms with van der Waals surface area (Å²) in [5.41, 5.74) is 4.19. The first-order valence-corrected chi connectivity index (χ1v) is 8.89. The number of amides is 1. The molecule has 1 unspecified atom stereocenters. The van der Waals surface area contributed by atoms with Crippen LogP contribution in [0.4, 0.5) is 4.79 Å². The van der Waals surface area contributed by atoms with Crippen molar-refractivity contribution in [3.63, 3.8) is 0 Å². The van der Waals surface area contributed by atoms with Crippen LogP contribution in [0.3, 0.4) is 0 Å². The van der Waals surface area contributed by atoms with E-state index in [0.29, 0.717) is 13.2 Å². The van der Waals surface area contributed by atoms with Crippen molar-refractivity contribution in [2.24, 2.45) is 0 Å². The van der Waals surface area contributed by atoms with E-state index in [4.69, 9.17) is 9.47 Å². The summed E-state index contributed by atoms with van der Waals surface area (Å²) in [7, 11) is 0. The van der Waals surface area contributed by atoms with Crippen molar-refractivity contribution in [3.05, 3.63) is 47.9 Å². The zero-order valence-corrected chi connectivity index (χ0v) is 15.6. The summed E-state index contributed by atoms with van der Waals surface area (Å²) >= 11 is 0. The molecule has 0 aliphatic carbocycles. The Labute approximate surface area is 157 Å². The minimum Gasteiger partial charge on any atom is -0.444 e. The molecule has 1 atom stereocenters. The Kier molecular flexibility index (Phi) is 4.31. The lowest BCUT2D eigenvalue weighted by atomic mass is 9.95. The second-order valence-corrected chi connectivity index (χ2v) is 7.59. The van der Waals surface area contributed by atoms with Crippen molar-refractivity contribution >= 4 is 17.1 Å². The fourth-order valence-electron chi connectivity index (χ4n) is 3.27. The largest absolute Gasteiger partial charge is 0.444 e. The summed E-state index contributed by atoms with van der Waals surface area (Å²) in [5.74, 6) is 0. The first-order chi connectivity index (χ1) is 12.9. The third-order valence-electron chi connectivity index (χ3n) is 4.38. The molecule has 0 bridgehead atoms. The number of hydrogen-bond acceptors (Lipinski definition) is 5. The van der Waals surface area contributed by atoms with Gasteiger partial charge in [0, 0.05) is 17.1 Å². The third-order valence-corrected chi connectivity index (χ3v) is 4.38. The van der Waals surface area contributed by atoms with Gasteiger partial charge in [0.2, 0.25) is 0 Å². The maximum atomic E-state index is 12.1. The van der Waals surface area contributed by atoms with E-state index in [2.05, 4.69) is 26.3 Å². The van der Waals surface area contributed by atoms with Gasteiger partial charge in [-0.2, -0.15) is 0 Å². The molecule has 0 saturated carbocycles. The second kappa shape index (κ2) is 6.66. The van der Waals surface area contributed by atoms with Crippen LogP contribution < -0.4 is 5.32 Å². The van der Waals surface area contributed by atoms with E-state index in [1.165, 1.54) is 0 Å². The van der Waals surface area contributed by atoms with Gasteiger partial charge in [0.1, 0.15) is 17.6 Å². The van der Waals surface area contributed by atoms with Crippen LogP contribution in [0.15, 0.2) is 36.8 Å². The molecule has 0 radical (unpaired) electrons. The quantitative estimate of drug-likeness (QED) is 0.721. The Hall–Kier alpha value is -2.93. The number of benzene rings is 1. The average molecular weight is 366 g/mol. The van der Waals surface area contributed by atoms with Crippen molar-refractivity contribution < 1.29 is 14.3 Å². The van der Waals surface area contributed by atoms with E-state index in [0.717, 1.165) is 33.4 Å². The van der Waals surface area contributed by atoms with Crippen LogP contribution in [0.1, 0.15) is 37.9 Å². The topological polar surface area (TPSA) is 89.1 Å². The molecule has 7 nitrogen and oxygen atoms in total. The number of rotatable bonds is 2. The number of fused-ring (bicyclic) bond motifs is 2. The molecule has 0 fully saturated rings. The number of aromatic amines is 1. The zero-order valence-electron chi connectivity index (χ0n) is 15.6. The summed E-state index contributed by atoms with van der Waals surface area (Å²) in [4.78, 5) is 23.9.